The summed E-state index contributed by atoms with van der Waals surface area (Å²) in [5.74, 6) is 0. The Balaban J connectivity index is 1.05. The maximum atomic E-state index is 4.89. The van der Waals surface area contributed by atoms with Gasteiger partial charge in [-0.15, -0.1) is 0 Å². The number of hydrogen-bond donors (Lipinski definition) is 0. The van der Waals surface area contributed by atoms with Gasteiger partial charge in [-0.3, -0.25) is 9.97 Å². The van der Waals surface area contributed by atoms with Gasteiger partial charge in [0.25, 0.3) is 0 Å². The Morgan fingerprint density at radius 1 is 0.207 bits per heavy atom. The van der Waals surface area contributed by atoms with E-state index in [1.807, 2.05) is 12.4 Å². The highest BCUT2D eigenvalue weighted by molar-refractivity contribution is 6.31. The van der Waals surface area contributed by atoms with Gasteiger partial charge < -0.3 is 0 Å². The van der Waals surface area contributed by atoms with Crippen molar-refractivity contribution < 1.29 is 0 Å². The molecule has 0 fully saturated rings. The van der Waals surface area contributed by atoms with Crippen LogP contribution in [0.1, 0.15) is 0 Å². The number of nitrogens with zero attached hydrogens (tertiary/aromatic N) is 2. The van der Waals surface area contributed by atoms with E-state index >= 15 is 0 Å². The van der Waals surface area contributed by atoms with Gasteiger partial charge in [0, 0.05) is 34.6 Å². The minimum Gasteiger partial charge on any atom is -0.256 e. The van der Waals surface area contributed by atoms with E-state index in [1.54, 1.807) is 0 Å². The molecule has 10 aromatic carbocycles. The fourth-order valence-corrected chi connectivity index (χ4v) is 10.8. The topological polar surface area (TPSA) is 25.8 Å². The second kappa shape index (κ2) is 11.0. The summed E-state index contributed by atoms with van der Waals surface area (Å²) in [4.78, 5) is 9.77. The number of pyridine rings is 2. The van der Waals surface area contributed by atoms with Crippen molar-refractivity contribution in [2.24, 2.45) is 0 Å². The van der Waals surface area contributed by atoms with Crippen molar-refractivity contribution in [1.82, 2.24) is 9.97 Å². The molecular formula is C56H30N2. The maximum absolute atomic E-state index is 4.89. The van der Waals surface area contributed by atoms with E-state index in [-0.39, 0.29) is 0 Å². The molecule has 2 aromatic heterocycles. The van der Waals surface area contributed by atoms with E-state index < -0.39 is 0 Å². The standard InChI is InChI=1S/C56H30N2/c1-2-12-32-31(11-1)37(45-27-49-41-19-7-17-39-43-21-9-25-57-55(43)51(53(39)41)29-47(49)35-15-5-3-13-33(35)45)23-24-38(32)46-28-50-42-20-8-18-40-44-22-10-26-58-56(44)52(54(40)42)30-48(50)36-16-6-4-14-34(36)46/h1-30H. The molecule has 0 aliphatic heterocycles. The third-order valence-electron chi connectivity index (χ3n) is 13.2. The van der Waals surface area contributed by atoms with Gasteiger partial charge in [-0.25, -0.2) is 0 Å². The Bertz CT molecular complexity index is 3600. The van der Waals surface area contributed by atoms with Gasteiger partial charge in [0.15, 0.2) is 0 Å². The lowest BCUT2D eigenvalue weighted by atomic mass is 9.85. The zero-order valence-electron chi connectivity index (χ0n) is 31.2. The van der Waals surface area contributed by atoms with Gasteiger partial charge in [0.2, 0.25) is 0 Å². The summed E-state index contributed by atoms with van der Waals surface area (Å²) in [6.07, 6.45) is 3.84. The number of rotatable bonds is 2. The highest BCUT2D eigenvalue weighted by atomic mass is 14.7. The quantitative estimate of drug-likeness (QED) is 0.166. The van der Waals surface area contributed by atoms with Crippen LogP contribution in [0.2, 0.25) is 0 Å². The monoisotopic (exact) mass is 730 g/mol. The molecule has 0 saturated carbocycles. The Kier molecular flexibility index (Phi) is 5.79. The zero-order valence-corrected chi connectivity index (χ0v) is 31.2. The smallest absolute Gasteiger partial charge is 0.0787 e. The molecule has 12 aromatic rings. The molecule has 264 valence electrons. The molecule has 2 heterocycles. The molecule has 0 amide bonds. The molecule has 0 N–H and O–H groups in total. The van der Waals surface area contributed by atoms with Gasteiger partial charge in [0.05, 0.1) is 11.4 Å². The average Bonchev–Trinajstić information content (AvgIpc) is 3.79. The first-order valence-corrected chi connectivity index (χ1v) is 20.1. The third-order valence-corrected chi connectivity index (χ3v) is 13.2. The zero-order chi connectivity index (χ0) is 37.6. The minimum atomic E-state index is 1.08. The van der Waals surface area contributed by atoms with E-state index in [9.17, 15) is 0 Å². The van der Waals surface area contributed by atoms with Crippen LogP contribution in [0.25, 0.3) is 142 Å². The van der Waals surface area contributed by atoms with E-state index in [2.05, 4.69) is 170 Å². The van der Waals surface area contributed by atoms with Gasteiger partial charge in [0.1, 0.15) is 0 Å². The van der Waals surface area contributed by atoms with E-state index in [0.29, 0.717) is 0 Å². The lowest BCUT2D eigenvalue weighted by Crippen LogP contribution is -1.91. The van der Waals surface area contributed by atoms with Crippen LogP contribution in [0.4, 0.5) is 0 Å². The van der Waals surface area contributed by atoms with Gasteiger partial charge in [-0.2, -0.15) is 0 Å². The molecule has 0 saturated heterocycles. The highest BCUT2D eigenvalue weighted by Crippen LogP contribution is 2.53. The molecule has 0 unspecified atom stereocenters. The van der Waals surface area contributed by atoms with E-state index in [1.165, 1.54) is 131 Å². The van der Waals surface area contributed by atoms with Crippen molar-refractivity contribution in [3.8, 4) is 67.0 Å². The van der Waals surface area contributed by atoms with Crippen molar-refractivity contribution in [2.75, 3.05) is 0 Å². The molecule has 2 aliphatic carbocycles. The number of hydrogen-bond acceptors (Lipinski definition) is 2. The van der Waals surface area contributed by atoms with Crippen LogP contribution < -0.4 is 0 Å². The average molecular weight is 731 g/mol. The molecule has 0 bridgehead atoms. The molecule has 0 atom stereocenters. The summed E-state index contributed by atoms with van der Waals surface area (Å²) in [5.41, 5.74) is 14.6. The molecule has 2 aliphatic rings. The largest absolute Gasteiger partial charge is 0.256 e. The van der Waals surface area contributed by atoms with E-state index in [0.717, 1.165) is 11.4 Å². The van der Waals surface area contributed by atoms with Crippen LogP contribution in [0.15, 0.2) is 182 Å². The normalized spacial score (nSPS) is 12.5. The fourth-order valence-electron chi connectivity index (χ4n) is 10.8. The van der Waals surface area contributed by atoms with Gasteiger partial charge in [-0.1, -0.05) is 133 Å². The van der Waals surface area contributed by atoms with Crippen LogP contribution >= 0.6 is 0 Å². The fraction of sp³-hybridized carbons (Fsp3) is 0. The van der Waals surface area contributed by atoms with Crippen molar-refractivity contribution in [2.45, 2.75) is 0 Å². The van der Waals surface area contributed by atoms with Crippen molar-refractivity contribution in [3.05, 3.63) is 182 Å². The summed E-state index contributed by atoms with van der Waals surface area (Å²) in [6, 6.07) is 63.4. The van der Waals surface area contributed by atoms with Crippen LogP contribution in [0.5, 0.6) is 0 Å². The number of benzene rings is 10. The van der Waals surface area contributed by atoms with Crippen LogP contribution in [-0.4, -0.2) is 9.97 Å². The predicted molar refractivity (Wildman–Crippen MR) is 244 cm³/mol. The molecule has 2 nitrogen and oxygen atoms in total. The SMILES string of the molecule is c1cnc2c(c1)-c1cccc3c1c-2cc1c2ccccc2c(-c2ccc(-c4cc5c6cccc7c6c(cc5c5ccccc45)-c4ncccc4-7)c4ccccc24)cc31. The number of fused-ring (bicyclic) bond motifs is 15. The maximum Gasteiger partial charge on any atom is 0.0787 e. The molecule has 58 heavy (non-hydrogen) atoms. The van der Waals surface area contributed by atoms with Gasteiger partial charge in [-0.05, 0) is 145 Å². The summed E-state index contributed by atoms with van der Waals surface area (Å²) >= 11 is 0. The molecule has 14 rings (SSSR count). The Labute approximate surface area is 333 Å². The Hall–Kier alpha value is -7.68. The first-order chi connectivity index (χ1) is 28.8. The second-order valence-electron chi connectivity index (χ2n) is 15.9. The van der Waals surface area contributed by atoms with Gasteiger partial charge >= 0.3 is 0 Å². The molecular weight excluding hydrogens is 701 g/mol. The Morgan fingerprint density at radius 3 is 1.00 bits per heavy atom. The third kappa shape index (κ3) is 3.82. The van der Waals surface area contributed by atoms with Crippen molar-refractivity contribution in [1.29, 1.82) is 0 Å². The summed E-state index contributed by atoms with van der Waals surface area (Å²) in [6.45, 7) is 0. The predicted octanol–water partition coefficient (Wildman–Crippen LogP) is 15.2. The Morgan fingerprint density at radius 2 is 0.552 bits per heavy atom. The first kappa shape index (κ1) is 30.5. The summed E-state index contributed by atoms with van der Waals surface area (Å²) < 4.78 is 0. The summed E-state index contributed by atoms with van der Waals surface area (Å²) in [7, 11) is 0. The van der Waals surface area contributed by atoms with E-state index in [4.69, 9.17) is 9.97 Å². The van der Waals surface area contributed by atoms with Crippen LogP contribution in [0.3, 0.4) is 0 Å². The highest BCUT2D eigenvalue weighted by Gasteiger charge is 2.27. The lowest BCUT2D eigenvalue weighted by Gasteiger charge is -2.18. The summed E-state index contributed by atoms with van der Waals surface area (Å²) in [5, 5.41) is 17.8. The second-order valence-corrected chi connectivity index (χ2v) is 15.9. The lowest BCUT2D eigenvalue weighted by molar-refractivity contribution is 1.35. The van der Waals surface area contributed by atoms with Crippen LogP contribution in [-0.2, 0) is 0 Å². The molecule has 0 spiro atoms. The first-order valence-electron chi connectivity index (χ1n) is 20.1. The van der Waals surface area contributed by atoms with Crippen molar-refractivity contribution >= 4 is 75.4 Å². The van der Waals surface area contributed by atoms with Crippen molar-refractivity contribution in [3.63, 3.8) is 0 Å². The minimum absolute atomic E-state index is 1.08. The molecule has 0 radical (unpaired) electrons. The van der Waals surface area contributed by atoms with Crippen LogP contribution in [0, 0.1) is 0 Å². The molecule has 2 heteroatoms. The number of aromatic nitrogens is 2.